The molecule has 1 atom stereocenters. The molecule has 5 nitrogen and oxygen atoms in total. The number of aliphatic hydroxyl groups is 1. The quantitative estimate of drug-likeness (QED) is 0.818. The SMILES string of the molecule is CCOC(=O)c1cnc2ccccc2c1NC[C@H](C)O. The summed E-state index contributed by atoms with van der Waals surface area (Å²) in [6.45, 7) is 4.09. The van der Waals surface area contributed by atoms with Crippen LogP contribution in [0.3, 0.4) is 0 Å². The zero-order chi connectivity index (χ0) is 14.5. The molecule has 0 saturated heterocycles. The molecule has 1 aromatic heterocycles. The van der Waals surface area contributed by atoms with E-state index in [4.69, 9.17) is 4.74 Å². The van der Waals surface area contributed by atoms with Crippen molar-refractivity contribution < 1.29 is 14.6 Å². The number of esters is 1. The average Bonchev–Trinajstić information content (AvgIpc) is 2.44. The number of benzene rings is 1. The van der Waals surface area contributed by atoms with Crippen molar-refractivity contribution in [1.29, 1.82) is 0 Å². The van der Waals surface area contributed by atoms with E-state index in [1.165, 1.54) is 6.20 Å². The molecule has 0 unspecified atom stereocenters. The van der Waals surface area contributed by atoms with Gasteiger partial charge in [0.15, 0.2) is 0 Å². The molecule has 5 heteroatoms. The number of carbonyl (C=O) groups excluding carboxylic acids is 1. The lowest BCUT2D eigenvalue weighted by molar-refractivity contribution is 0.0527. The van der Waals surface area contributed by atoms with Gasteiger partial charge in [-0.3, -0.25) is 4.98 Å². The van der Waals surface area contributed by atoms with E-state index in [0.29, 0.717) is 24.4 Å². The molecular weight excluding hydrogens is 256 g/mol. The van der Waals surface area contributed by atoms with Crippen LogP contribution in [0.5, 0.6) is 0 Å². The molecular formula is C15H18N2O3. The van der Waals surface area contributed by atoms with Crippen molar-refractivity contribution in [2.24, 2.45) is 0 Å². The lowest BCUT2D eigenvalue weighted by atomic mass is 10.1. The van der Waals surface area contributed by atoms with Gasteiger partial charge in [-0.15, -0.1) is 0 Å². The van der Waals surface area contributed by atoms with Crippen LogP contribution in [-0.2, 0) is 4.74 Å². The van der Waals surface area contributed by atoms with Gasteiger partial charge in [-0.05, 0) is 19.9 Å². The van der Waals surface area contributed by atoms with Crippen molar-refractivity contribution >= 4 is 22.6 Å². The molecule has 1 aromatic carbocycles. The van der Waals surface area contributed by atoms with E-state index in [-0.39, 0.29) is 0 Å². The smallest absolute Gasteiger partial charge is 0.341 e. The molecule has 2 aromatic rings. The molecule has 0 saturated carbocycles. The number of carbonyl (C=O) groups is 1. The normalized spacial score (nSPS) is 12.2. The first-order valence-corrected chi connectivity index (χ1v) is 6.60. The van der Waals surface area contributed by atoms with Crippen LogP contribution in [0.25, 0.3) is 10.9 Å². The Labute approximate surface area is 117 Å². The first-order chi connectivity index (χ1) is 9.63. The minimum absolute atomic E-state index is 0.307. The molecule has 0 aliphatic rings. The molecule has 0 spiro atoms. The predicted octanol–water partition coefficient (Wildman–Crippen LogP) is 2.20. The van der Waals surface area contributed by atoms with E-state index in [1.54, 1.807) is 13.8 Å². The summed E-state index contributed by atoms with van der Waals surface area (Å²) >= 11 is 0. The van der Waals surface area contributed by atoms with Crippen LogP contribution in [0.4, 0.5) is 5.69 Å². The van der Waals surface area contributed by atoms with Crippen LogP contribution in [0.15, 0.2) is 30.5 Å². The van der Waals surface area contributed by atoms with Gasteiger partial charge in [0.25, 0.3) is 0 Å². The first kappa shape index (κ1) is 14.3. The lowest BCUT2D eigenvalue weighted by Gasteiger charge is -2.14. The van der Waals surface area contributed by atoms with E-state index in [9.17, 15) is 9.90 Å². The van der Waals surface area contributed by atoms with Gasteiger partial charge in [0.2, 0.25) is 0 Å². The van der Waals surface area contributed by atoms with Crippen LogP contribution in [-0.4, -0.2) is 35.3 Å². The van der Waals surface area contributed by atoms with E-state index in [0.717, 1.165) is 10.9 Å². The Morgan fingerprint density at radius 3 is 2.90 bits per heavy atom. The molecule has 1 heterocycles. The molecule has 20 heavy (non-hydrogen) atoms. The van der Waals surface area contributed by atoms with Crippen molar-refractivity contribution in [3.63, 3.8) is 0 Å². The number of hydrogen-bond donors (Lipinski definition) is 2. The van der Waals surface area contributed by atoms with Crippen molar-refractivity contribution in [2.75, 3.05) is 18.5 Å². The number of ether oxygens (including phenoxy) is 1. The zero-order valence-electron chi connectivity index (χ0n) is 11.6. The number of nitrogens with zero attached hydrogens (tertiary/aromatic N) is 1. The number of hydrogen-bond acceptors (Lipinski definition) is 5. The zero-order valence-corrected chi connectivity index (χ0v) is 11.6. The molecule has 0 fully saturated rings. The summed E-state index contributed by atoms with van der Waals surface area (Å²) < 4.78 is 5.04. The standard InChI is InChI=1S/C15H18N2O3/c1-3-20-15(19)12-9-16-13-7-5-4-6-11(13)14(12)17-8-10(2)18/h4-7,9-10,18H,3,8H2,1-2H3,(H,16,17)/t10-/m0/s1. The Balaban J connectivity index is 2.49. The number of rotatable bonds is 5. The molecule has 0 bridgehead atoms. The Morgan fingerprint density at radius 1 is 1.45 bits per heavy atom. The summed E-state index contributed by atoms with van der Waals surface area (Å²) in [5, 5.41) is 13.4. The minimum Gasteiger partial charge on any atom is -0.462 e. The molecule has 0 aliphatic heterocycles. The van der Waals surface area contributed by atoms with Crippen LogP contribution >= 0.6 is 0 Å². The van der Waals surface area contributed by atoms with Gasteiger partial charge in [0.05, 0.1) is 23.9 Å². The maximum absolute atomic E-state index is 12.0. The van der Waals surface area contributed by atoms with Crippen LogP contribution in [0.2, 0.25) is 0 Å². The second-order valence-electron chi connectivity index (χ2n) is 4.51. The fourth-order valence-corrected chi connectivity index (χ4v) is 1.95. The Bertz CT molecular complexity index is 611. The third-order valence-corrected chi connectivity index (χ3v) is 2.85. The lowest BCUT2D eigenvalue weighted by Crippen LogP contribution is -2.18. The second kappa shape index (κ2) is 6.34. The number of anilines is 1. The summed E-state index contributed by atoms with van der Waals surface area (Å²) in [5.74, 6) is -0.418. The van der Waals surface area contributed by atoms with Gasteiger partial charge in [0, 0.05) is 18.1 Å². The number of nitrogens with one attached hydrogen (secondary N) is 1. The van der Waals surface area contributed by atoms with Gasteiger partial charge >= 0.3 is 5.97 Å². The first-order valence-electron chi connectivity index (χ1n) is 6.60. The van der Waals surface area contributed by atoms with E-state index in [1.807, 2.05) is 24.3 Å². The number of pyridine rings is 1. The van der Waals surface area contributed by atoms with Crippen molar-refractivity contribution in [2.45, 2.75) is 20.0 Å². The number of para-hydroxylation sites is 1. The maximum Gasteiger partial charge on any atom is 0.341 e. The maximum atomic E-state index is 12.0. The fourth-order valence-electron chi connectivity index (χ4n) is 1.95. The third kappa shape index (κ3) is 3.05. The number of aromatic nitrogens is 1. The monoisotopic (exact) mass is 274 g/mol. The van der Waals surface area contributed by atoms with Crippen LogP contribution in [0.1, 0.15) is 24.2 Å². The molecule has 0 amide bonds. The summed E-state index contributed by atoms with van der Waals surface area (Å²) in [4.78, 5) is 16.3. The fraction of sp³-hybridized carbons (Fsp3) is 0.333. The minimum atomic E-state index is -0.517. The van der Waals surface area contributed by atoms with Gasteiger partial charge < -0.3 is 15.2 Å². The Kier molecular flexibility index (Phi) is 4.53. The Hall–Kier alpha value is -2.14. The molecule has 106 valence electrons. The topological polar surface area (TPSA) is 71.5 Å². The van der Waals surface area contributed by atoms with Crippen molar-refractivity contribution in [3.8, 4) is 0 Å². The summed E-state index contributed by atoms with van der Waals surface area (Å²) in [6.07, 6.45) is 0.988. The highest BCUT2D eigenvalue weighted by Crippen LogP contribution is 2.26. The van der Waals surface area contributed by atoms with Gasteiger partial charge in [-0.25, -0.2) is 4.79 Å². The van der Waals surface area contributed by atoms with Crippen molar-refractivity contribution in [3.05, 3.63) is 36.0 Å². The molecule has 0 radical (unpaired) electrons. The summed E-state index contributed by atoms with van der Waals surface area (Å²) in [7, 11) is 0. The third-order valence-electron chi connectivity index (χ3n) is 2.85. The highest BCUT2D eigenvalue weighted by atomic mass is 16.5. The van der Waals surface area contributed by atoms with E-state index >= 15 is 0 Å². The van der Waals surface area contributed by atoms with Crippen LogP contribution < -0.4 is 5.32 Å². The second-order valence-corrected chi connectivity index (χ2v) is 4.51. The number of fused-ring (bicyclic) bond motifs is 1. The average molecular weight is 274 g/mol. The highest BCUT2D eigenvalue weighted by molar-refractivity contribution is 6.04. The van der Waals surface area contributed by atoms with E-state index < -0.39 is 12.1 Å². The number of aliphatic hydroxyl groups excluding tert-OH is 1. The summed E-state index contributed by atoms with van der Waals surface area (Å²) in [5.41, 5.74) is 1.81. The Morgan fingerprint density at radius 2 is 2.20 bits per heavy atom. The molecule has 2 N–H and O–H groups in total. The predicted molar refractivity (Wildman–Crippen MR) is 77.9 cm³/mol. The van der Waals surface area contributed by atoms with Gasteiger partial charge in [-0.2, -0.15) is 0 Å². The van der Waals surface area contributed by atoms with E-state index in [2.05, 4.69) is 10.3 Å². The largest absolute Gasteiger partial charge is 0.462 e. The molecule has 2 rings (SSSR count). The summed E-state index contributed by atoms with van der Waals surface area (Å²) in [6, 6.07) is 7.53. The van der Waals surface area contributed by atoms with Gasteiger partial charge in [-0.1, -0.05) is 18.2 Å². The van der Waals surface area contributed by atoms with Crippen LogP contribution in [0, 0.1) is 0 Å². The molecule has 0 aliphatic carbocycles. The highest BCUT2D eigenvalue weighted by Gasteiger charge is 2.16. The van der Waals surface area contributed by atoms with Crippen molar-refractivity contribution in [1.82, 2.24) is 4.98 Å². The van der Waals surface area contributed by atoms with Gasteiger partial charge in [0.1, 0.15) is 5.56 Å².